The van der Waals surface area contributed by atoms with Gasteiger partial charge >= 0.3 is 0 Å². The van der Waals surface area contributed by atoms with Crippen molar-refractivity contribution in [3.05, 3.63) is 68.9 Å². The smallest absolute Gasteiger partial charge is 0.126 e. The van der Waals surface area contributed by atoms with Crippen molar-refractivity contribution in [2.75, 3.05) is 6.61 Å². The van der Waals surface area contributed by atoms with Crippen molar-refractivity contribution in [1.82, 2.24) is 0 Å². The summed E-state index contributed by atoms with van der Waals surface area (Å²) in [5, 5.41) is 10.0. The molecule has 0 aliphatic rings. The maximum Gasteiger partial charge on any atom is 0.126 e. The number of aliphatic hydroxyl groups excluding tert-OH is 1. The van der Waals surface area contributed by atoms with E-state index in [0.717, 1.165) is 10.0 Å². The van der Waals surface area contributed by atoms with Crippen molar-refractivity contribution in [1.29, 1.82) is 0 Å². The van der Waals surface area contributed by atoms with Crippen molar-refractivity contribution in [2.45, 2.75) is 12.3 Å². The minimum absolute atomic E-state index is 0.0393. The summed E-state index contributed by atoms with van der Waals surface area (Å²) >= 11 is 9.27. The zero-order valence-electron chi connectivity index (χ0n) is 10.1. The van der Waals surface area contributed by atoms with Gasteiger partial charge in [-0.25, -0.2) is 4.39 Å². The molecule has 2 rings (SSSR count). The summed E-state index contributed by atoms with van der Waals surface area (Å²) in [6, 6.07) is 12.2. The summed E-state index contributed by atoms with van der Waals surface area (Å²) in [6.07, 6.45) is 0.416. The molecule has 0 heterocycles. The Labute approximate surface area is 125 Å². The normalized spacial score (nSPS) is 12.4. The third kappa shape index (κ3) is 3.78. The summed E-state index contributed by atoms with van der Waals surface area (Å²) in [6.45, 7) is -0.0393. The molecule has 1 unspecified atom stereocenters. The maximum atomic E-state index is 13.7. The molecule has 1 nitrogen and oxygen atoms in total. The second-order valence-corrected chi connectivity index (χ2v) is 5.73. The average molecular weight is 344 g/mol. The molecule has 100 valence electrons. The van der Waals surface area contributed by atoms with Gasteiger partial charge in [-0.3, -0.25) is 0 Å². The molecule has 0 radical (unpaired) electrons. The number of aliphatic hydroxyl groups is 1. The van der Waals surface area contributed by atoms with E-state index < -0.39 is 0 Å². The van der Waals surface area contributed by atoms with Crippen LogP contribution >= 0.6 is 27.5 Å². The second kappa shape index (κ2) is 6.51. The van der Waals surface area contributed by atoms with Crippen LogP contribution in [0.2, 0.25) is 5.02 Å². The summed E-state index contributed by atoms with van der Waals surface area (Å²) in [5.41, 5.74) is 1.49. The molecule has 0 saturated heterocycles. The summed E-state index contributed by atoms with van der Waals surface area (Å²) in [5.74, 6) is -0.441. The fourth-order valence-corrected chi connectivity index (χ4v) is 2.63. The van der Waals surface area contributed by atoms with Crippen LogP contribution in [0.1, 0.15) is 17.0 Å². The Morgan fingerprint density at radius 3 is 2.68 bits per heavy atom. The van der Waals surface area contributed by atoms with Crippen LogP contribution in [0.4, 0.5) is 4.39 Å². The molecule has 0 amide bonds. The van der Waals surface area contributed by atoms with Gasteiger partial charge in [0.1, 0.15) is 5.82 Å². The van der Waals surface area contributed by atoms with Gasteiger partial charge in [-0.2, -0.15) is 0 Å². The van der Waals surface area contributed by atoms with E-state index in [-0.39, 0.29) is 18.3 Å². The van der Waals surface area contributed by atoms with Gasteiger partial charge in [-0.15, -0.1) is 0 Å². The molecule has 0 aliphatic carbocycles. The lowest BCUT2D eigenvalue weighted by Gasteiger charge is -2.15. The van der Waals surface area contributed by atoms with Gasteiger partial charge in [0.2, 0.25) is 0 Å². The Morgan fingerprint density at radius 2 is 2.00 bits per heavy atom. The fraction of sp³-hybridized carbons (Fsp3) is 0.200. The van der Waals surface area contributed by atoms with Crippen molar-refractivity contribution in [2.24, 2.45) is 0 Å². The van der Waals surface area contributed by atoms with Crippen LogP contribution in [-0.4, -0.2) is 11.7 Å². The molecule has 0 spiro atoms. The quantitative estimate of drug-likeness (QED) is 0.863. The van der Waals surface area contributed by atoms with Gasteiger partial charge in [-0.05, 0) is 47.9 Å². The van der Waals surface area contributed by atoms with Gasteiger partial charge in [0.05, 0.1) is 6.61 Å². The molecular weight excluding hydrogens is 331 g/mol. The Morgan fingerprint density at radius 1 is 1.21 bits per heavy atom. The summed E-state index contributed by atoms with van der Waals surface area (Å²) in [7, 11) is 0. The molecule has 0 aliphatic heterocycles. The summed E-state index contributed by atoms with van der Waals surface area (Å²) < 4.78 is 14.7. The first-order valence-corrected chi connectivity index (χ1v) is 7.07. The number of hydrogen-bond donors (Lipinski definition) is 1. The van der Waals surface area contributed by atoms with Crippen LogP contribution in [0.5, 0.6) is 0 Å². The molecule has 1 atom stereocenters. The monoisotopic (exact) mass is 342 g/mol. The highest BCUT2D eigenvalue weighted by Gasteiger charge is 2.14. The molecule has 4 heteroatoms. The van der Waals surface area contributed by atoms with E-state index in [2.05, 4.69) is 15.9 Å². The molecule has 0 saturated carbocycles. The Balaban J connectivity index is 2.26. The lowest BCUT2D eigenvalue weighted by molar-refractivity contribution is 0.263. The Bertz CT molecular complexity index is 574. The maximum absolute atomic E-state index is 13.7. The van der Waals surface area contributed by atoms with Crippen LogP contribution in [-0.2, 0) is 6.42 Å². The zero-order chi connectivity index (χ0) is 13.8. The highest BCUT2D eigenvalue weighted by molar-refractivity contribution is 9.10. The van der Waals surface area contributed by atoms with Crippen LogP contribution in [0.25, 0.3) is 0 Å². The van der Waals surface area contributed by atoms with E-state index in [1.807, 2.05) is 24.3 Å². The number of benzene rings is 2. The van der Waals surface area contributed by atoms with Gasteiger partial charge in [0, 0.05) is 15.4 Å². The van der Waals surface area contributed by atoms with E-state index in [1.165, 1.54) is 12.1 Å². The predicted octanol–water partition coefficient (Wildman–Crippen LogP) is 4.56. The first-order chi connectivity index (χ1) is 9.10. The first kappa shape index (κ1) is 14.5. The van der Waals surface area contributed by atoms with Gasteiger partial charge < -0.3 is 5.11 Å². The van der Waals surface area contributed by atoms with E-state index in [0.29, 0.717) is 17.0 Å². The largest absolute Gasteiger partial charge is 0.396 e. The van der Waals surface area contributed by atoms with Crippen molar-refractivity contribution in [3.63, 3.8) is 0 Å². The molecule has 0 aromatic heterocycles. The van der Waals surface area contributed by atoms with E-state index in [9.17, 15) is 9.50 Å². The fourth-order valence-electron chi connectivity index (χ4n) is 2.01. The molecule has 0 fully saturated rings. The van der Waals surface area contributed by atoms with Crippen LogP contribution < -0.4 is 0 Å². The highest BCUT2D eigenvalue weighted by Crippen LogP contribution is 2.26. The molecule has 2 aromatic rings. The third-order valence-corrected chi connectivity index (χ3v) is 3.74. The van der Waals surface area contributed by atoms with Crippen molar-refractivity contribution >= 4 is 27.5 Å². The van der Waals surface area contributed by atoms with Gasteiger partial charge in [0.15, 0.2) is 0 Å². The highest BCUT2D eigenvalue weighted by atomic mass is 79.9. The molecule has 19 heavy (non-hydrogen) atoms. The van der Waals surface area contributed by atoms with E-state index >= 15 is 0 Å². The first-order valence-electron chi connectivity index (χ1n) is 5.90. The minimum Gasteiger partial charge on any atom is -0.396 e. The van der Waals surface area contributed by atoms with Gasteiger partial charge in [0.25, 0.3) is 0 Å². The SMILES string of the molecule is OCC(Cc1cc(Cl)ccc1F)c1cccc(Br)c1. The standard InChI is InChI=1S/C15H13BrClFO/c16-13-3-1-2-10(7-13)12(9-19)6-11-8-14(17)4-5-15(11)18/h1-5,7-8,12,19H,6,9H2. The molecule has 2 aromatic carbocycles. The van der Waals surface area contributed by atoms with Crippen molar-refractivity contribution in [3.8, 4) is 0 Å². The van der Waals surface area contributed by atoms with Crippen LogP contribution in [0.15, 0.2) is 46.9 Å². The number of rotatable bonds is 4. The van der Waals surface area contributed by atoms with Crippen LogP contribution in [0.3, 0.4) is 0 Å². The zero-order valence-corrected chi connectivity index (χ0v) is 12.5. The summed E-state index contributed by atoms with van der Waals surface area (Å²) in [4.78, 5) is 0. The number of halogens is 3. The van der Waals surface area contributed by atoms with Crippen molar-refractivity contribution < 1.29 is 9.50 Å². The van der Waals surface area contributed by atoms with Gasteiger partial charge in [-0.1, -0.05) is 39.7 Å². The molecule has 0 bridgehead atoms. The lowest BCUT2D eigenvalue weighted by atomic mass is 9.92. The molecular formula is C15H13BrClFO. The number of hydrogen-bond acceptors (Lipinski definition) is 1. The lowest BCUT2D eigenvalue weighted by Crippen LogP contribution is -2.09. The Hall–Kier alpha value is -0.900. The van der Waals surface area contributed by atoms with E-state index in [4.69, 9.17) is 11.6 Å². The Kier molecular flexibility index (Phi) is 4.97. The average Bonchev–Trinajstić information content (AvgIpc) is 2.39. The second-order valence-electron chi connectivity index (χ2n) is 4.37. The topological polar surface area (TPSA) is 20.2 Å². The predicted molar refractivity (Wildman–Crippen MR) is 79.1 cm³/mol. The minimum atomic E-state index is -0.294. The third-order valence-electron chi connectivity index (χ3n) is 3.01. The van der Waals surface area contributed by atoms with Crippen LogP contribution in [0, 0.1) is 5.82 Å². The van der Waals surface area contributed by atoms with E-state index in [1.54, 1.807) is 6.07 Å². The molecule has 1 N–H and O–H groups in total.